The van der Waals surface area contributed by atoms with E-state index < -0.39 is 0 Å². The molecule has 1 aliphatic rings. The number of methoxy groups -OCH3 is 1. The molecule has 0 saturated carbocycles. The van der Waals surface area contributed by atoms with Gasteiger partial charge in [-0.25, -0.2) is 0 Å². The summed E-state index contributed by atoms with van der Waals surface area (Å²) in [6, 6.07) is 15.2. The van der Waals surface area contributed by atoms with E-state index in [-0.39, 0.29) is 0 Å². The van der Waals surface area contributed by atoms with Crippen LogP contribution in [-0.2, 0) is 0 Å². The van der Waals surface area contributed by atoms with Gasteiger partial charge in [0, 0.05) is 32.7 Å². The zero-order valence-corrected chi connectivity index (χ0v) is 14.7. The molecule has 0 aromatic heterocycles. The monoisotopic (exact) mass is 342 g/mol. The maximum absolute atomic E-state index is 9.96. The third-order valence-electron chi connectivity index (χ3n) is 4.54. The summed E-state index contributed by atoms with van der Waals surface area (Å²) in [6.07, 6.45) is 1.00. The normalized spacial score (nSPS) is 15.2. The van der Waals surface area contributed by atoms with Gasteiger partial charge in [-0.15, -0.1) is 0 Å². The lowest BCUT2D eigenvalue weighted by atomic mass is 10.2. The fourth-order valence-electron chi connectivity index (χ4n) is 3.09. The van der Waals surface area contributed by atoms with E-state index in [0.29, 0.717) is 12.4 Å². The minimum absolute atomic E-state index is 0.365. The van der Waals surface area contributed by atoms with Crippen LogP contribution in [0.4, 0.5) is 5.69 Å². The molecule has 25 heavy (non-hydrogen) atoms. The van der Waals surface area contributed by atoms with E-state index >= 15 is 0 Å². The molecule has 0 radical (unpaired) electrons. The summed E-state index contributed by atoms with van der Waals surface area (Å²) in [5, 5.41) is 9.96. The van der Waals surface area contributed by atoms with Crippen LogP contribution < -0.4 is 14.4 Å². The highest BCUT2D eigenvalue weighted by molar-refractivity contribution is 5.57. The van der Waals surface area contributed by atoms with Gasteiger partial charge in [-0.1, -0.05) is 12.1 Å². The number of para-hydroxylation sites is 2. The summed E-state index contributed by atoms with van der Waals surface area (Å²) in [5.74, 6) is 2.09. The molecule has 5 heteroatoms. The highest BCUT2D eigenvalue weighted by Gasteiger charge is 2.18. The van der Waals surface area contributed by atoms with Crippen LogP contribution in [0.1, 0.15) is 6.42 Å². The molecule has 3 rings (SSSR count). The average Bonchev–Trinajstić information content (AvgIpc) is 2.67. The number of aromatic hydroxyl groups is 1. The Morgan fingerprint density at radius 2 is 1.60 bits per heavy atom. The van der Waals surface area contributed by atoms with Crippen molar-refractivity contribution in [3.8, 4) is 17.2 Å². The second-order valence-electron chi connectivity index (χ2n) is 6.19. The van der Waals surface area contributed by atoms with E-state index in [2.05, 4.69) is 9.80 Å². The first-order valence-corrected chi connectivity index (χ1v) is 8.78. The van der Waals surface area contributed by atoms with E-state index in [1.54, 1.807) is 13.2 Å². The number of benzene rings is 2. The second-order valence-corrected chi connectivity index (χ2v) is 6.19. The fourth-order valence-corrected chi connectivity index (χ4v) is 3.09. The predicted octanol–water partition coefficient (Wildman–Crippen LogP) is 2.99. The molecule has 2 aromatic rings. The highest BCUT2D eigenvalue weighted by Crippen LogP contribution is 2.27. The molecule has 134 valence electrons. The summed E-state index contributed by atoms with van der Waals surface area (Å²) in [6.45, 7) is 5.65. The van der Waals surface area contributed by atoms with Crippen LogP contribution >= 0.6 is 0 Å². The molecule has 2 aromatic carbocycles. The Bertz CT molecular complexity index is 652. The number of hydrogen-bond donors (Lipinski definition) is 1. The Morgan fingerprint density at radius 3 is 2.28 bits per heavy atom. The lowest BCUT2D eigenvalue weighted by Crippen LogP contribution is -2.46. The maximum atomic E-state index is 9.96. The molecule has 1 fully saturated rings. The van der Waals surface area contributed by atoms with Crippen LogP contribution in [0.2, 0.25) is 0 Å². The Kier molecular flexibility index (Phi) is 6.01. The minimum atomic E-state index is 0.365. The fraction of sp³-hybridized carbons (Fsp3) is 0.400. The van der Waals surface area contributed by atoms with E-state index in [0.717, 1.165) is 56.3 Å². The molecule has 1 aliphatic heterocycles. The van der Waals surface area contributed by atoms with Crippen molar-refractivity contribution >= 4 is 5.69 Å². The molecule has 1 saturated heterocycles. The van der Waals surface area contributed by atoms with E-state index in [1.807, 2.05) is 42.5 Å². The van der Waals surface area contributed by atoms with Crippen molar-refractivity contribution in [2.75, 3.05) is 51.3 Å². The van der Waals surface area contributed by atoms with Crippen molar-refractivity contribution in [1.29, 1.82) is 0 Å². The largest absolute Gasteiger partial charge is 0.506 e. The van der Waals surface area contributed by atoms with Crippen LogP contribution in [0, 0.1) is 0 Å². The lowest BCUT2D eigenvalue weighted by molar-refractivity contribution is 0.224. The second kappa shape index (κ2) is 8.62. The third kappa shape index (κ3) is 4.79. The number of rotatable bonds is 7. The summed E-state index contributed by atoms with van der Waals surface area (Å²) < 4.78 is 10.9. The molecular weight excluding hydrogens is 316 g/mol. The molecular formula is C20H26N2O3. The Hall–Kier alpha value is -2.40. The Balaban J connectivity index is 1.36. The molecule has 0 spiro atoms. The van der Waals surface area contributed by atoms with Gasteiger partial charge in [0.1, 0.15) is 17.2 Å². The quantitative estimate of drug-likeness (QED) is 0.784. The molecule has 0 unspecified atom stereocenters. The van der Waals surface area contributed by atoms with E-state index in [1.165, 1.54) is 0 Å². The lowest BCUT2D eigenvalue weighted by Gasteiger charge is -2.36. The highest BCUT2D eigenvalue weighted by atomic mass is 16.5. The Morgan fingerprint density at radius 1 is 0.920 bits per heavy atom. The molecule has 0 aliphatic carbocycles. The zero-order valence-electron chi connectivity index (χ0n) is 14.7. The number of hydrogen-bond acceptors (Lipinski definition) is 5. The van der Waals surface area contributed by atoms with Crippen LogP contribution in [0.3, 0.4) is 0 Å². The molecule has 5 nitrogen and oxygen atoms in total. The number of piperazine rings is 1. The molecule has 0 atom stereocenters. The number of phenolic OH excluding ortho intramolecular Hbond substituents is 1. The molecule has 0 amide bonds. The van der Waals surface area contributed by atoms with Crippen LogP contribution in [0.5, 0.6) is 17.2 Å². The predicted molar refractivity (Wildman–Crippen MR) is 99.9 cm³/mol. The number of phenols is 1. The van der Waals surface area contributed by atoms with Crippen LogP contribution in [0.15, 0.2) is 48.5 Å². The zero-order chi connectivity index (χ0) is 17.5. The maximum Gasteiger partial charge on any atom is 0.138 e. The number of anilines is 1. The summed E-state index contributed by atoms with van der Waals surface area (Å²) >= 11 is 0. The van der Waals surface area contributed by atoms with Crippen LogP contribution in [-0.4, -0.2) is 56.4 Å². The van der Waals surface area contributed by atoms with Gasteiger partial charge in [0.05, 0.1) is 19.4 Å². The van der Waals surface area contributed by atoms with E-state index in [9.17, 15) is 5.11 Å². The average molecular weight is 342 g/mol. The van der Waals surface area contributed by atoms with Gasteiger partial charge in [-0.05, 0) is 42.8 Å². The van der Waals surface area contributed by atoms with Gasteiger partial charge >= 0.3 is 0 Å². The third-order valence-corrected chi connectivity index (χ3v) is 4.54. The molecule has 1 heterocycles. The minimum Gasteiger partial charge on any atom is -0.506 e. The van der Waals surface area contributed by atoms with Gasteiger partial charge in [0.25, 0.3) is 0 Å². The van der Waals surface area contributed by atoms with Gasteiger partial charge in [-0.3, -0.25) is 4.90 Å². The smallest absolute Gasteiger partial charge is 0.138 e. The van der Waals surface area contributed by atoms with Crippen molar-refractivity contribution in [2.45, 2.75) is 6.42 Å². The first kappa shape index (κ1) is 17.4. The van der Waals surface area contributed by atoms with Gasteiger partial charge in [0.15, 0.2) is 0 Å². The van der Waals surface area contributed by atoms with Crippen molar-refractivity contribution in [1.82, 2.24) is 4.90 Å². The summed E-state index contributed by atoms with van der Waals surface area (Å²) in [7, 11) is 1.66. The number of ether oxygens (including phenoxy) is 2. The molecule has 0 bridgehead atoms. The Labute approximate surface area is 149 Å². The summed E-state index contributed by atoms with van der Waals surface area (Å²) in [4.78, 5) is 4.70. The SMILES string of the molecule is COc1ccc(OCCCN2CCN(c3ccccc3O)CC2)cc1. The van der Waals surface area contributed by atoms with E-state index in [4.69, 9.17) is 9.47 Å². The van der Waals surface area contributed by atoms with Gasteiger partial charge in [0.2, 0.25) is 0 Å². The van der Waals surface area contributed by atoms with Crippen molar-refractivity contribution in [2.24, 2.45) is 0 Å². The van der Waals surface area contributed by atoms with Crippen molar-refractivity contribution < 1.29 is 14.6 Å². The van der Waals surface area contributed by atoms with Crippen LogP contribution in [0.25, 0.3) is 0 Å². The topological polar surface area (TPSA) is 45.2 Å². The van der Waals surface area contributed by atoms with Crippen molar-refractivity contribution in [3.63, 3.8) is 0 Å². The van der Waals surface area contributed by atoms with Gasteiger partial charge in [-0.2, -0.15) is 0 Å². The number of nitrogens with zero attached hydrogens (tertiary/aromatic N) is 2. The first-order valence-electron chi connectivity index (χ1n) is 8.78. The molecule has 1 N–H and O–H groups in total. The standard InChI is InChI=1S/C20H26N2O3/c1-24-17-7-9-18(10-8-17)25-16-4-11-21-12-14-22(15-13-21)19-5-2-3-6-20(19)23/h2-3,5-10,23H,4,11-16H2,1H3. The summed E-state index contributed by atoms with van der Waals surface area (Å²) in [5.41, 5.74) is 0.935. The first-order chi connectivity index (χ1) is 12.3. The van der Waals surface area contributed by atoms with Crippen molar-refractivity contribution in [3.05, 3.63) is 48.5 Å². The van der Waals surface area contributed by atoms with Gasteiger partial charge < -0.3 is 19.5 Å².